The van der Waals surface area contributed by atoms with E-state index in [1.165, 1.54) is 0 Å². The van der Waals surface area contributed by atoms with Crippen LogP contribution in [0.4, 0.5) is 0 Å². The number of esters is 1. The van der Waals surface area contributed by atoms with Gasteiger partial charge in [0.25, 0.3) is 0 Å². The van der Waals surface area contributed by atoms with Crippen LogP contribution in [0.15, 0.2) is 0 Å². The smallest absolute Gasteiger partial charge is 0.306 e. The van der Waals surface area contributed by atoms with Crippen LogP contribution >= 0.6 is 0 Å². The maximum Gasteiger partial charge on any atom is 0.306 e. The summed E-state index contributed by atoms with van der Waals surface area (Å²) in [6.07, 6.45) is 5.17. The van der Waals surface area contributed by atoms with E-state index in [9.17, 15) is 9.59 Å². The molecular formula is C12H22O3. The Kier molecular flexibility index (Phi) is 9.13. The first-order valence-electron chi connectivity index (χ1n) is 5.88. The van der Waals surface area contributed by atoms with Crippen molar-refractivity contribution >= 4 is 11.8 Å². The number of ketones is 1. The average molecular weight is 214 g/mol. The molecule has 0 aliphatic carbocycles. The van der Waals surface area contributed by atoms with Gasteiger partial charge in [0.15, 0.2) is 0 Å². The van der Waals surface area contributed by atoms with E-state index < -0.39 is 0 Å². The first-order valence-corrected chi connectivity index (χ1v) is 5.88. The van der Waals surface area contributed by atoms with Crippen LogP contribution in [0, 0.1) is 0 Å². The summed E-state index contributed by atoms with van der Waals surface area (Å²) in [5.74, 6) is -0.0717. The molecule has 0 atom stereocenters. The zero-order valence-electron chi connectivity index (χ0n) is 9.88. The van der Waals surface area contributed by atoms with E-state index in [1.54, 1.807) is 0 Å². The van der Waals surface area contributed by atoms with Crippen molar-refractivity contribution in [1.82, 2.24) is 0 Å². The Morgan fingerprint density at radius 3 is 2.27 bits per heavy atom. The third-order valence-electron chi connectivity index (χ3n) is 2.13. The summed E-state index contributed by atoms with van der Waals surface area (Å²) in [5, 5.41) is 0. The summed E-state index contributed by atoms with van der Waals surface area (Å²) in [4.78, 5) is 22.4. The lowest BCUT2D eigenvalue weighted by Gasteiger charge is -2.02. The predicted molar refractivity (Wildman–Crippen MR) is 59.6 cm³/mol. The second kappa shape index (κ2) is 9.69. The summed E-state index contributed by atoms with van der Waals surface area (Å²) in [6.45, 7) is 4.51. The zero-order chi connectivity index (χ0) is 11.5. The first-order chi connectivity index (χ1) is 7.20. The SMILES string of the molecule is CCCCCC(=O)CCC(=O)OCCC. The van der Waals surface area contributed by atoms with Crippen LogP contribution in [-0.4, -0.2) is 18.4 Å². The van der Waals surface area contributed by atoms with E-state index in [1.807, 2.05) is 6.92 Å². The summed E-state index contributed by atoms with van der Waals surface area (Å²) in [7, 11) is 0. The molecule has 15 heavy (non-hydrogen) atoms. The zero-order valence-corrected chi connectivity index (χ0v) is 9.88. The highest BCUT2D eigenvalue weighted by Gasteiger charge is 2.07. The molecule has 0 spiro atoms. The van der Waals surface area contributed by atoms with E-state index in [4.69, 9.17) is 4.74 Å². The van der Waals surface area contributed by atoms with Gasteiger partial charge in [-0.2, -0.15) is 0 Å². The van der Waals surface area contributed by atoms with Crippen molar-refractivity contribution in [2.24, 2.45) is 0 Å². The molecule has 88 valence electrons. The van der Waals surface area contributed by atoms with Gasteiger partial charge in [-0.15, -0.1) is 0 Å². The molecule has 0 aromatic rings. The fourth-order valence-corrected chi connectivity index (χ4v) is 1.23. The van der Waals surface area contributed by atoms with E-state index in [0.717, 1.165) is 25.7 Å². The van der Waals surface area contributed by atoms with Crippen molar-refractivity contribution in [3.8, 4) is 0 Å². The molecule has 0 saturated carbocycles. The molecule has 0 aliphatic heterocycles. The van der Waals surface area contributed by atoms with Crippen LogP contribution in [0.5, 0.6) is 0 Å². The molecule has 0 aliphatic rings. The molecule has 3 heteroatoms. The van der Waals surface area contributed by atoms with Gasteiger partial charge in [-0.3, -0.25) is 9.59 Å². The second-order valence-electron chi connectivity index (χ2n) is 3.72. The Bertz CT molecular complexity index is 187. The number of rotatable bonds is 9. The number of carbonyl (C=O) groups is 2. The Morgan fingerprint density at radius 2 is 1.67 bits per heavy atom. The number of unbranched alkanes of at least 4 members (excludes halogenated alkanes) is 2. The van der Waals surface area contributed by atoms with Gasteiger partial charge in [0, 0.05) is 12.8 Å². The van der Waals surface area contributed by atoms with Gasteiger partial charge in [0.2, 0.25) is 0 Å². The standard InChI is InChI=1S/C12H22O3/c1-3-5-6-7-11(13)8-9-12(14)15-10-4-2/h3-10H2,1-2H3. The van der Waals surface area contributed by atoms with E-state index in [2.05, 4.69) is 6.92 Å². The molecule has 0 heterocycles. The van der Waals surface area contributed by atoms with Crippen molar-refractivity contribution < 1.29 is 14.3 Å². The molecule has 3 nitrogen and oxygen atoms in total. The number of carbonyl (C=O) groups excluding carboxylic acids is 2. The molecule has 0 N–H and O–H groups in total. The maximum absolute atomic E-state index is 11.3. The molecule has 0 amide bonds. The minimum atomic E-state index is -0.249. The van der Waals surface area contributed by atoms with Gasteiger partial charge in [-0.25, -0.2) is 0 Å². The lowest BCUT2D eigenvalue weighted by Crippen LogP contribution is -2.08. The van der Waals surface area contributed by atoms with Crippen LogP contribution < -0.4 is 0 Å². The molecule has 0 fully saturated rings. The van der Waals surface area contributed by atoms with Crippen LogP contribution in [0.2, 0.25) is 0 Å². The fraction of sp³-hybridized carbons (Fsp3) is 0.833. The summed E-state index contributed by atoms with van der Waals surface area (Å²) >= 11 is 0. The van der Waals surface area contributed by atoms with Gasteiger partial charge < -0.3 is 4.74 Å². The number of ether oxygens (including phenoxy) is 1. The van der Waals surface area contributed by atoms with Gasteiger partial charge in [0.1, 0.15) is 5.78 Å². The van der Waals surface area contributed by atoms with Crippen LogP contribution in [-0.2, 0) is 14.3 Å². The summed E-state index contributed by atoms with van der Waals surface area (Å²) < 4.78 is 4.88. The lowest BCUT2D eigenvalue weighted by atomic mass is 10.1. The van der Waals surface area contributed by atoms with Crippen LogP contribution in [0.1, 0.15) is 58.8 Å². The third kappa shape index (κ3) is 9.44. The molecule has 0 aromatic carbocycles. The average Bonchev–Trinajstić information content (AvgIpc) is 2.24. The largest absolute Gasteiger partial charge is 0.466 e. The van der Waals surface area contributed by atoms with Crippen molar-refractivity contribution in [2.45, 2.75) is 58.8 Å². The van der Waals surface area contributed by atoms with Crippen LogP contribution in [0.3, 0.4) is 0 Å². The predicted octanol–water partition coefficient (Wildman–Crippen LogP) is 2.87. The Hall–Kier alpha value is -0.860. The van der Waals surface area contributed by atoms with E-state index >= 15 is 0 Å². The molecule has 0 bridgehead atoms. The number of Topliss-reactive ketones (excluding diaryl/α,β-unsaturated/α-hetero) is 1. The highest BCUT2D eigenvalue weighted by atomic mass is 16.5. The highest BCUT2D eigenvalue weighted by molar-refractivity contribution is 5.82. The van der Waals surface area contributed by atoms with Gasteiger partial charge in [-0.1, -0.05) is 26.7 Å². The van der Waals surface area contributed by atoms with E-state index in [-0.39, 0.29) is 18.2 Å². The number of hydrogen-bond acceptors (Lipinski definition) is 3. The van der Waals surface area contributed by atoms with Gasteiger partial charge in [-0.05, 0) is 12.8 Å². The number of hydrogen-bond donors (Lipinski definition) is 0. The highest BCUT2D eigenvalue weighted by Crippen LogP contribution is 2.04. The molecule has 0 aromatic heterocycles. The van der Waals surface area contributed by atoms with E-state index in [0.29, 0.717) is 19.4 Å². The summed E-state index contributed by atoms with van der Waals surface area (Å²) in [5.41, 5.74) is 0. The first kappa shape index (κ1) is 14.1. The Morgan fingerprint density at radius 1 is 0.933 bits per heavy atom. The minimum Gasteiger partial charge on any atom is -0.466 e. The molecule has 0 rings (SSSR count). The van der Waals surface area contributed by atoms with Crippen LogP contribution in [0.25, 0.3) is 0 Å². The molecule has 0 unspecified atom stereocenters. The molecule has 0 saturated heterocycles. The third-order valence-corrected chi connectivity index (χ3v) is 2.13. The van der Waals surface area contributed by atoms with Crippen molar-refractivity contribution in [2.75, 3.05) is 6.61 Å². The topological polar surface area (TPSA) is 43.4 Å². The van der Waals surface area contributed by atoms with Gasteiger partial charge in [0.05, 0.1) is 13.0 Å². The van der Waals surface area contributed by atoms with Crippen molar-refractivity contribution in [1.29, 1.82) is 0 Å². The van der Waals surface area contributed by atoms with Gasteiger partial charge >= 0.3 is 5.97 Å². The monoisotopic (exact) mass is 214 g/mol. The quantitative estimate of drug-likeness (QED) is 0.438. The lowest BCUT2D eigenvalue weighted by molar-refractivity contribution is -0.144. The molecular weight excluding hydrogens is 192 g/mol. The Balaban J connectivity index is 3.40. The summed E-state index contributed by atoms with van der Waals surface area (Å²) in [6, 6.07) is 0. The fourth-order valence-electron chi connectivity index (χ4n) is 1.23. The Labute approximate surface area is 92.2 Å². The molecule has 0 radical (unpaired) electrons. The van der Waals surface area contributed by atoms with Crippen molar-refractivity contribution in [3.05, 3.63) is 0 Å². The maximum atomic E-state index is 11.3. The minimum absolute atomic E-state index is 0.178. The second-order valence-corrected chi connectivity index (χ2v) is 3.72. The normalized spacial score (nSPS) is 10.0. The van der Waals surface area contributed by atoms with Crippen molar-refractivity contribution in [3.63, 3.8) is 0 Å².